The molecule has 0 saturated heterocycles. The van der Waals surface area contributed by atoms with E-state index < -0.39 is 15.3 Å². The normalized spacial score (nSPS) is 35.2. The molecule has 106 valence electrons. The van der Waals surface area contributed by atoms with Crippen molar-refractivity contribution in [3.05, 3.63) is 29.8 Å². The van der Waals surface area contributed by atoms with Gasteiger partial charge in [-0.15, -0.1) is 0 Å². The van der Waals surface area contributed by atoms with E-state index in [0.717, 1.165) is 31.2 Å². The molecule has 0 radical (unpaired) electrons. The van der Waals surface area contributed by atoms with Crippen LogP contribution in [-0.4, -0.2) is 14.2 Å². The highest BCUT2D eigenvalue weighted by Gasteiger charge is 2.49. The Labute approximate surface area is 120 Å². The maximum atomic E-state index is 12.3. The van der Waals surface area contributed by atoms with Gasteiger partial charge in [-0.2, -0.15) is 5.26 Å². The van der Waals surface area contributed by atoms with E-state index in [-0.39, 0.29) is 11.7 Å². The van der Waals surface area contributed by atoms with Gasteiger partial charge in [0.1, 0.15) is 0 Å². The summed E-state index contributed by atoms with van der Waals surface area (Å²) < 4.78 is 24.7. The number of fused-ring (bicyclic) bond motifs is 1. The van der Waals surface area contributed by atoms with E-state index in [0.29, 0.717) is 10.8 Å². The second-order valence-corrected chi connectivity index (χ2v) is 8.34. The molecule has 1 aliphatic carbocycles. The van der Waals surface area contributed by atoms with Crippen molar-refractivity contribution in [3.8, 4) is 6.07 Å². The molecule has 3 unspecified atom stereocenters. The van der Waals surface area contributed by atoms with Gasteiger partial charge < -0.3 is 0 Å². The van der Waals surface area contributed by atoms with Crippen LogP contribution in [0, 0.1) is 22.7 Å². The van der Waals surface area contributed by atoms with Crippen LogP contribution in [0.5, 0.6) is 0 Å². The van der Waals surface area contributed by atoms with Gasteiger partial charge in [0.15, 0.2) is 9.84 Å². The molecule has 1 heterocycles. The summed E-state index contributed by atoms with van der Waals surface area (Å²) in [5.74, 6) is 0.447. The zero-order valence-electron chi connectivity index (χ0n) is 11.7. The van der Waals surface area contributed by atoms with Crippen LogP contribution < -0.4 is 0 Å². The van der Waals surface area contributed by atoms with E-state index in [1.807, 2.05) is 12.1 Å². The second kappa shape index (κ2) is 4.60. The highest BCUT2D eigenvalue weighted by atomic mass is 32.2. The average Bonchev–Trinajstić information content (AvgIpc) is 2.72. The highest BCUT2D eigenvalue weighted by Crippen LogP contribution is 2.53. The van der Waals surface area contributed by atoms with Crippen molar-refractivity contribution in [1.82, 2.24) is 0 Å². The lowest BCUT2D eigenvalue weighted by Gasteiger charge is -2.38. The van der Waals surface area contributed by atoms with E-state index in [1.165, 1.54) is 0 Å². The number of nitrogens with zero attached hydrogens (tertiary/aromatic N) is 1. The highest BCUT2D eigenvalue weighted by molar-refractivity contribution is 7.91. The molecule has 1 fully saturated rings. The summed E-state index contributed by atoms with van der Waals surface area (Å²) in [5.41, 5.74) is 0.361. The minimum atomic E-state index is -3.22. The Morgan fingerprint density at radius 1 is 1.35 bits per heavy atom. The predicted molar refractivity (Wildman–Crippen MR) is 76.9 cm³/mol. The molecule has 3 rings (SSSR count). The number of rotatable bonds is 1. The Balaban J connectivity index is 2.10. The summed E-state index contributed by atoms with van der Waals surface area (Å²) in [6.45, 7) is 2.17. The third-order valence-corrected chi connectivity index (χ3v) is 6.75. The first kappa shape index (κ1) is 13.6. The Bertz CT molecular complexity index is 674. The molecule has 0 spiro atoms. The van der Waals surface area contributed by atoms with Crippen LogP contribution in [0.2, 0.25) is 0 Å². The maximum absolute atomic E-state index is 12.3. The molecule has 1 saturated carbocycles. The van der Waals surface area contributed by atoms with Crippen LogP contribution in [0.25, 0.3) is 0 Å². The second-order valence-electron chi connectivity index (χ2n) is 6.34. The third-order valence-electron chi connectivity index (χ3n) is 4.94. The number of hydrogen-bond acceptors (Lipinski definition) is 3. The lowest BCUT2D eigenvalue weighted by Crippen LogP contribution is -2.33. The smallest absolute Gasteiger partial charge is 0.179 e. The molecule has 20 heavy (non-hydrogen) atoms. The molecular formula is C16H19NO2S. The van der Waals surface area contributed by atoms with Gasteiger partial charge in [0.25, 0.3) is 0 Å². The number of benzene rings is 1. The van der Waals surface area contributed by atoms with E-state index in [4.69, 9.17) is 0 Å². The fourth-order valence-electron chi connectivity index (χ4n) is 4.00. The van der Waals surface area contributed by atoms with Crippen molar-refractivity contribution in [3.63, 3.8) is 0 Å². The minimum absolute atomic E-state index is 0.104. The predicted octanol–water partition coefficient (Wildman–Crippen LogP) is 3.28. The molecule has 0 bridgehead atoms. The van der Waals surface area contributed by atoms with Crippen LogP contribution in [0.15, 0.2) is 29.2 Å². The van der Waals surface area contributed by atoms with E-state index >= 15 is 0 Å². The van der Waals surface area contributed by atoms with Crippen LogP contribution in [0.1, 0.15) is 44.1 Å². The summed E-state index contributed by atoms with van der Waals surface area (Å²) in [6, 6.07) is 9.72. The van der Waals surface area contributed by atoms with E-state index in [9.17, 15) is 13.7 Å². The standard InChI is InChI=1S/C16H19NO2S/c1-12-5-4-8-16(9-12,11-17)14-10-20(18,19)15-7-3-2-6-13(14)15/h2-3,6-7,12,14H,4-5,8-10H2,1H3. The summed E-state index contributed by atoms with van der Waals surface area (Å²) >= 11 is 0. The summed E-state index contributed by atoms with van der Waals surface area (Å²) in [7, 11) is -3.22. The van der Waals surface area contributed by atoms with Gasteiger partial charge in [0.2, 0.25) is 0 Å². The zero-order chi connectivity index (χ0) is 14.4. The number of hydrogen-bond donors (Lipinski definition) is 0. The van der Waals surface area contributed by atoms with Gasteiger partial charge in [-0.3, -0.25) is 0 Å². The summed E-state index contributed by atoms with van der Waals surface area (Å²) in [4.78, 5) is 0.442. The van der Waals surface area contributed by atoms with Crippen molar-refractivity contribution in [2.75, 3.05) is 5.75 Å². The van der Waals surface area contributed by atoms with Crippen LogP contribution in [0.4, 0.5) is 0 Å². The molecule has 0 aromatic heterocycles. The summed E-state index contributed by atoms with van der Waals surface area (Å²) in [6.07, 6.45) is 3.80. The van der Waals surface area contributed by atoms with Crippen molar-refractivity contribution < 1.29 is 8.42 Å². The Hall–Kier alpha value is -1.34. The zero-order valence-corrected chi connectivity index (χ0v) is 12.5. The Morgan fingerprint density at radius 3 is 2.80 bits per heavy atom. The van der Waals surface area contributed by atoms with Gasteiger partial charge in [-0.25, -0.2) is 8.42 Å². The quantitative estimate of drug-likeness (QED) is 0.797. The monoisotopic (exact) mass is 289 g/mol. The Morgan fingerprint density at radius 2 is 2.10 bits per heavy atom. The SMILES string of the molecule is CC1CCCC(C#N)(C2CS(=O)(=O)c3ccccc32)C1. The lowest BCUT2D eigenvalue weighted by molar-refractivity contribution is 0.181. The molecule has 4 heteroatoms. The number of sulfone groups is 1. The molecule has 3 nitrogen and oxygen atoms in total. The van der Waals surface area contributed by atoms with Crippen molar-refractivity contribution in [2.24, 2.45) is 11.3 Å². The molecule has 0 amide bonds. The molecule has 2 aliphatic rings. The third kappa shape index (κ3) is 1.96. The largest absolute Gasteiger partial charge is 0.224 e. The van der Waals surface area contributed by atoms with Crippen molar-refractivity contribution >= 4 is 9.84 Å². The first-order valence-corrected chi connectivity index (χ1v) is 8.87. The van der Waals surface area contributed by atoms with Crippen LogP contribution >= 0.6 is 0 Å². The van der Waals surface area contributed by atoms with Gasteiger partial charge in [-0.1, -0.05) is 38.0 Å². The fourth-order valence-corrected chi connectivity index (χ4v) is 5.97. The molecular weight excluding hydrogens is 270 g/mol. The van der Waals surface area contributed by atoms with Gasteiger partial charge in [-0.05, 0) is 30.4 Å². The number of nitriles is 1. The van der Waals surface area contributed by atoms with Gasteiger partial charge in [0, 0.05) is 5.92 Å². The molecule has 1 aromatic rings. The van der Waals surface area contributed by atoms with Gasteiger partial charge >= 0.3 is 0 Å². The fraction of sp³-hybridized carbons (Fsp3) is 0.562. The average molecular weight is 289 g/mol. The van der Waals surface area contributed by atoms with Crippen LogP contribution in [-0.2, 0) is 9.84 Å². The lowest BCUT2D eigenvalue weighted by atomic mass is 9.63. The first-order chi connectivity index (χ1) is 9.48. The molecule has 1 aromatic carbocycles. The van der Waals surface area contributed by atoms with E-state index in [1.54, 1.807) is 12.1 Å². The Kier molecular flexibility index (Phi) is 3.13. The molecule has 0 N–H and O–H groups in total. The maximum Gasteiger partial charge on any atom is 0.179 e. The van der Waals surface area contributed by atoms with Crippen molar-refractivity contribution in [2.45, 2.75) is 43.4 Å². The van der Waals surface area contributed by atoms with Crippen LogP contribution in [0.3, 0.4) is 0 Å². The first-order valence-electron chi connectivity index (χ1n) is 7.21. The van der Waals surface area contributed by atoms with E-state index in [2.05, 4.69) is 13.0 Å². The van der Waals surface area contributed by atoms with Crippen molar-refractivity contribution in [1.29, 1.82) is 5.26 Å². The summed E-state index contributed by atoms with van der Waals surface area (Å²) in [5, 5.41) is 9.77. The molecule has 3 atom stereocenters. The minimum Gasteiger partial charge on any atom is -0.224 e. The van der Waals surface area contributed by atoms with Gasteiger partial charge in [0.05, 0.1) is 22.1 Å². The topological polar surface area (TPSA) is 57.9 Å². The molecule has 1 aliphatic heterocycles.